The van der Waals surface area contributed by atoms with Crippen LogP contribution in [0.5, 0.6) is 0 Å². The Morgan fingerprint density at radius 1 is 1.19 bits per heavy atom. The van der Waals surface area contributed by atoms with Crippen molar-refractivity contribution in [1.29, 1.82) is 0 Å². The molecule has 1 aromatic carbocycles. The summed E-state index contributed by atoms with van der Waals surface area (Å²) in [7, 11) is -2.89. The maximum atomic E-state index is 12.0. The second kappa shape index (κ2) is 6.55. The predicted octanol–water partition coefficient (Wildman–Crippen LogP) is 4.22. The summed E-state index contributed by atoms with van der Waals surface area (Å²) < 4.78 is 23.5. The highest BCUT2D eigenvalue weighted by molar-refractivity contribution is 9.10. The van der Waals surface area contributed by atoms with Crippen molar-refractivity contribution in [1.82, 2.24) is 0 Å². The fourth-order valence-electron chi connectivity index (χ4n) is 1.17. The topological polar surface area (TPSA) is 35.5 Å². The van der Waals surface area contributed by atoms with E-state index >= 15 is 0 Å². The van der Waals surface area contributed by atoms with Crippen LogP contribution in [0.2, 0.25) is 0 Å². The fraction of sp³-hybridized carbons (Fsp3) is 0.455. The molecule has 0 amide bonds. The zero-order valence-corrected chi connectivity index (χ0v) is 12.0. The van der Waals surface area contributed by atoms with Crippen molar-refractivity contribution in [2.24, 2.45) is 0 Å². The molecular weight excluding hydrogens is 291 g/mol. The van der Waals surface area contributed by atoms with Gasteiger partial charge in [-0.05, 0) is 24.6 Å². The second-order valence-electron chi connectivity index (χ2n) is 3.24. The van der Waals surface area contributed by atoms with E-state index in [0.29, 0.717) is 19.4 Å². The molecule has 0 fully saturated rings. The number of benzene rings is 1. The smallest absolute Gasteiger partial charge is 0.309 e. The van der Waals surface area contributed by atoms with E-state index in [4.69, 9.17) is 9.05 Å². The monoisotopic (exact) mass is 306 g/mol. The molecule has 90 valence electrons. The van der Waals surface area contributed by atoms with Crippen LogP contribution in [0.15, 0.2) is 28.7 Å². The van der Waals surface area contributed by atoms with Crippen molar-refractivity contribution >= 4 is 23.5 Å². The Hall–Kier alpha value is -0.150. The molecule has 1 atom stereocenters. The molecule has 3 nitrogen and oxygen atoms in total. The van der Waals surface area contributed by atoms with Crippen molar-refractivity contribution in [2.75, 3.05) is 12.8 Å². The summed E-state index contributed by atoms with van der Waals surface area (Å²) in [6, 6.07) is 7.71. The van der Waals surface area contributed by atoms with Crippen molar-refractivity contribution in [3.63, 3.8) is 0 Å². The van der Waals surface area contributed by atoms with Crippen molar-refractivity contribution in [3.8, 4) is 0 Å². The Morgan fingerprint density at radius 3 is 2.31 bits per heavy atom. The molecule has 5 heteroatoms. The van der Waals surface area contributed by atoms with Gasteiger partial charge in [0.2, 0.25) is 0 Å². The van der Waals surface area contributed by atoms with Crippen LogP contribution in [0.4, 0.5) is 0 Å². The van der Waals surface area contributed by atoms with Gasteiger partial charge in [0.05, 0.1) is 13.2 Å². The maximum absolute atomic E-state index is 12.0. The van der Waals surface area contributed by atoms with Gasteiger partial charge >= 0.3 is 7.60 Å². The molecule has 0 aliphatic rings. The van der Waals surface area contributed by atoms with Gasteiger partial charge in [-0.2, -0.15) is 0 Å². The van der Waals surface area contributed by atoms with Gasteiger partial charge in [-0.3, -0.25) is 4.57 Å². The quantitative estimate of drug-likeness (QED) is 0.738. The number of halogens is 1. The lowest BCUT2D eigenvalue weighted by Crippen LogP contribution is -1.98. The van der Waals surface area contributed by atoms with Gasteiger partial charge in [0, 0.05) is 10.6 Å². The largest absolute Gasteiger partial charge is 0.330 e. The van der Waals surface area contributed by atoms with Crippen LogP contribution in [0.1, 0.15) is 19.4 Å². The Balaban J connectivity index is 2.56. The molecule has 0 saturated heterocycles. The minimum Gasteiger partial charge on any atom is -0.309 e. The first-order chi connectivity index (χ1) is 7.59. The van der Waals surface area contributed by atoms with Gasteiger partial charge in [-0.15, -0.1) is 0 Å². The lowest BCUT2D eigenvalue weighted by Gasteiger charge is -2.15. The number of hydrogen-bond donors (Lipinski definition) is 0. The van der Waals surface area contributed by atoms with Crippen LogP contribution in [-0.2, 0) is 20.2 Å². The normalized spacial score (nSPS) is 14.7. The lowest BCUT2D eigenvalue weighted by atomic mass is 10.2. The minimum absolute atomic E-state index is 0.318. The van der Waals surface area contributed by atoms with E-state index in [2.05, 4.69) is 15.9 Å². The van der Waals surface area contributed by atoms with Crippen molar-refractivity contribution < 1.29 is 13.6 Å². The predicted molar refractivity (Wildman–Crippen MR) is 68.7 cm³/mol. The van der Waals surface area contributed by atoms with Crippen LogP contribution < -0.4 is 0 Å². The molecule has 0 spiro atoms. The summed E-state index contributed by atoms with van der Waals surface area (Å²) in [4.78, 5) is 0. The number of hydrogen-bond acceptors (Lipinski definition) is 3. The van der Waals surface area contributed by atoms with Crippen molar-refractivity contribution in [3.05, 3.63) is 34.3 Å². The van der Waals surface area contributed by atoms with E-state index in [1.54, 1.807) is 6.92 Å². The number of rotatable bonds is 6. The Kier molecular flexibility index (Phi) is 5.70. The molecule has 0 N–H and O–H groups in total. The third kappa shape index (κ3) is 4.38. The molecular formula is C11H16BrO3P. The average molecular weight is 307 g/mol. The molecule has 0 aromatic heterocycles. The van der Waals surface area contributed by atoms with Gasteiger partial charge in [0.15, 0.2) is 0 Å². The molecule has 0 heterocycles. The highest BCUT2D eigenvalue weighted by atomic mass is 79.9. The van der Waals surface area contributed by atoms with Gasteiger partial charge in [-0.25, -0.2) is 0 Å². The zero-order chi connectivity index (χ0) is 12.0. The van der Waals surface area contributed by atoms with E-state index < -0.39 is 7.60 Å². The maximum Gasteiger partial charge on any atom is 0.330 e. The van der Waals surface area contributed by atoms with E-state index in [1.165, 1.54) is 0 Å². The molecule has 0 saturated carbocycles. The van der Waals surface area contributed by atoms with Gasteiger partial charge in [0.25, 0.3) is 0 Å². The average Bonchev–Trinajstić information content (AvgIpc) is 2.29. The molecule has 0 radical (unpaired) electrons. The fourth-order valence-corrected chi connectivity index (χ4v) is 2.61. The minimum atomic E-state index is -2.89. The van der Waals surface area contributed by atoms with E-state index in [1.807, 2.05) is 31.2 Å². The van der Waals surface area contributed by atoms with E-state index in [9.17, 15) is 4.57 Å². The van der Waals surface area contributed by atoms with Crippen LogP contribution >= 0.6 is 23.5 Å². The highest BCUT2D eigenvalue weighted by Crippen LogP contribution is 2.48. The van der Waals surface area contributed by atoms with Gasteiger partial charge in [-0.1, -0.05) is 35.0 Å². The van der Waals surface area contributed by atoms with E-state index in [0.717, 1.165) is 10.0 Å². The second-order valence-corrected chi connectivity index (χ2v) is 6.53. The van der Waals surface area contributed by atoms with Gasteiger partial charge < -0.3 is 9.05 Å². The first kappa shape index (κ1) is 13.9. The summed E-state index contributed by atoms with van der Waals surface area (Å²) in [6.07, 6.45) is 0.400. The summed E-state index contributed by atoms with van der Waals surface area (Å²) in [6.45, 7) is 4.34. The zero-order valence-electron chi connectivity index (χ0n) is 9.48. The van der Waals surface area contributed by atoms with Crippen LogP contribution in [0.3, 0.4) is 0 Å². The summed E-state index contributed by atoms with van der Waals surface area (Å²) >= 11 is 3.35. The lowest BCUT2D eigenvalue weighted by molar-refractivity contribution is 0.206. The third-order valence-electron chi connectivity index (χ3n) is 2.05. The standard InChI is InChI=1S/C11H16BrO3P/c1-3-14-16(13,4-2)15-9-10-5-7-11(12)8-6-10/h5-8H,3-4,9H2,1-2H3. The SMILES string of the molecule is CCOP(=O)(CC)OCc1ccc(Br)cc1. The Bertz CT molecular complexity index is 364. The summed E-state index contributed by atoms with van der Waals surface area (Å²) in [5, 5.41) is 0. The molecule has 0 bridgehead atoms. The van der Waals surface area contributed by atoms with Crippen LogP contribution in [0.25, 0.3) is 0 Å². The third-order valence-corrected chi connectivity index (χ3v) is 4.53. The summed E-state index contributed by atoms with van der Waals surface area (Å²) in [5.74, 6) is 0. The molecule has 1 aromatic rings. The molecule has 1 rings (SSSR count). The van der Waals surface area contributed by atoms with E-state index in [-0.39, 0.29) is 0 Å². The van der Waals surface area contributed by atoms with Crippen LogP contribution in [0, 0.1) is 0 Å². The van der Waals surface area contributed by atoms with Crippen LogP contribution in [-0.4, -0.2) is 12.8 Å². The molecule has 1 unspecified atom stereocenters. The highest BCUT2D eigenvalue weighted by Gasteiger charge is 2.20. The first-order valence-corrected chi connectivity index (χ1v) is 7.74. The Morgan fingerprint density at radius 2 is 1.81 bits per heavy atom. The summed E-state index contributed by atoms with van der Waals surface area (Å²) in [5.41, 5.74) is 0.983. The van der Waals surface area contributed by atoms with Gasteiger partial charge in [0.1, 0.15) is 0 Å². The Labute approximate surface area is 105 Å². The van der Waals surface area contributed by atoms with Crippen molar-refractivity contribution in [2.45, 2.75) is 20.5 Å². The molecule has 0 aliphatic carbocycles. The molecule has 16 heavy (non-hydrogen) atoms. The molecule has 0 aliphatic heterocycles. The first-order valence-electron chi connectivity index (χ1n) is 5.22.